The molecule has 0 fully saturated rings. The van der Waals surface area contributed by atoms with E-state index >= 15 is 0 Å². The van der Waals surface area contributed by atoms with E-state index < -0.39 is 0 Å². The monoisotopic (exact) mass is 348 g/mol. The van der Waals surface area contributed by atoms with Crippen LogP contribution in [0.3, 0.4) is 0 Å². The number of anilines is 3. The summed E-state index contributed by atoms with van der Waals surface area (Å²) < 4.78 is 5.89. The lowest BCUT2D eigenvalue weighted by atomic mass is 10.2. The molecule has 0 unspecified atom stereocenters. The quantitative estimate of drug-likeness (QED) is 0.857. The molecule has 0 aliphatic heterocycles. The molecule has 0 spiro atoms. The highest BCUT2D eigenvalue weighted by molar-refractivity contribution is 9.10. The van der Waals surface area contributed by atoms with Gasteiger partial charge in [-0.15, -0.1) is 0 Å². The SMILES string of the molecule is CCNc1nc(Nc2cc(Br)ccc2C#N)nc(OC)n1. The second-order valence-electron chi connectivity index (χ2n) is 3.93. The van der Waals surface area contributed by atoms with Gasteiger partial charge < -0.3 is 15.4 Å². The molecule has 0 atom stereocenters. The first-order valence-corrected chi connectivity index (χ1v) is 6.96. The number of benzene rings is 1. The molecule has 2 rings (SSSR count). The zero-order valence-corrected chi connectivity index (χ0v) is 13.1. The molecule has 0 saturated carbocycles. The maximum atomic E-state index is 9.13. The minimum absolute atomic E-state index is 0.192. The second kappa shape index (κ2) is 6.85. The Bertz CT molecular complexity index is 685. The maximum Gasteiger partial charge on any atom is 0.322 e. The van der Waals surface area contributed by atoms with Crippen LogP contribution in [-0.4, -0.2) is 28.6 Å². The fourth-order valence-corrected chi connectivity index (χ4v) is 1.94. The molecule has 0 aliphatic rings. The molecule has 1 aromatic heterocycles. The standard InChI is InChI=1S/C13H13BrN6O/c1-3-16-11-18-12(20-13(19-11)21-2)17-10-6-9(14)5-4-8(10)7-15/h4-6H,3H2,1-2H3,(H2,16,17,18,19,20). The number of hydrogen-bond donors (Lipinski definition) is 2. The molecule has 0 bridgehead atoms. The molecule has 2 aromatic rings. The molecule has 0 aliphatic carbocycles. The lowest BCUT2D eigenvalue weighted by molar-refractivity contribution is 0.379. The Kier molecular flexibility index (Phi) is 4.90. The smallest absolute Gasteiger partial charge is 0.322 e. The number of ether oxygens (including phenoxy) is 1. The minimum atomic E-state index is 0.192. The van der Waals surface area contributed by atoms with E-state index in [-0.39, 0.29) is 6.01 Å². The van der Waals surface area contributed by atoms with E-state index in [2.05, 4.69) is 47.6 Å². The van der Waals surface area contributed by atoms with Crippen LogP contribution < -0.4 is 15.4 Å². The highest BCUT2D eigenvalue weighted by atomic mass is 79.9. The third kappa shape index (κ3) is 3.79. The van der Waals surface area contributed by atoms with Crippen LogP contribution in [0.2, 0.25) is 0 Å². The molecule has 1 heterocycles. The van der Waals surface area contributed by atoms with Crippen molar-refractivity contribution in [1.29, 1.82) is 5.26 Å². The minimum Gasteiger partial charge on any atom is -0.467 e. The van der Waals surface area contributed by atoms with E-state index in [1.807, 2.05) is 6.92 Å². The van der Waals surface area contributed by atoms with Gasteiger partial charge in [-0.05, 0) is 25.1 Å². The zero-order valence-electron chi connectivity index (χ0n) is 11.5. The topological polar surface area (TPSA) is 95.8 Å². The summed E-state index contributed by atoms with van der Waals surface area (Å²) in [5, 5.41) is 15.1. The van der Waals surface area contributed by atoms with E-state index in [9.17, 15) is 0 Å². The number of hydrogen-bond acceptors (Lipinski definition) is 7. The van der Waals surface area contributed by atoms with Crippen molar-refractivity contribution in [2.45, 2.75) is 6.92 Å². The largest absolute Gasteiger partial charge is 0.467 e. The number of nitrogens with zero attached hydrogens (tertiary/aromatic N) is 4. The Morgan fingerprint density at radius 2 is 2.05 bits per heavy atom. The molecule has 8 heteroatoms. The predicted octanol–water partition coefficient (Wildman–Crippen LogP) is 2.69. The van der Waals surface area contributed by atoms with Gasteiger partial charge in [-0.3, -0.25) is 0 Å². The van der Waals surface area contributed by atoms with Crippen LogP contribution in [0.1, 0.15) is 12.5 Å². The lowest BCUT2D eigenvalue weighted by Gasteiger charge is -2.10. The van der Waals surface area contributed by atoms with Crippen molar-refractivity contribution in [2.24, 2.45) is 0 Å². The van der Waals surface area contributed by atoms with Gasteiger partial charge in [0.2, 0.25) is 11.9 Å². The number of nitriles is 1. The van der Waals surface area contributed by atoms with Crippen molar-refractivity contribution in [3.63, 3.8) is 0 Å². The van der Waals surface area contributed by atoms with E-state index in [4.69, 9.17) is 10.00 Å². The number of halogens is 1. The first-order valence-electron chi connectivity index (χ1n) is 6.17. The summed E-state index contributed by atoms with van der Waals surface area (Å²) in [7, 11) is 1.48. The molecular weight excluding hydrogens is 336 g/mol. The molecule has 7 nitrogen and oxygen atoms in total. The van der Waals surface area contributed by atoms with Crippen LogP contribution in [0.15, 0.2) is 22.7 Å². The first-order chi connectivity index (χ1) is 10.2. The van der Waals surface area contributed by atoms with Gasteiger partial charge in [-0.2, -0.15) is 20.2 Å². The predicted molar refractivity (Wildman–Crippen MR) is 82.7 cm³/mol. The Morgan fingerprint density at radius 3 is 2.71 bits per heavy atom. The third-order valence-electron chi connectivity index (χ3n) is 2.48. The van der Waals surface area contributed by atoms with Crippen LogP contribution in [0, 0.1) is 11.3 Å². The Balaban J connectivity index is 2.37. The van der Waals surface area contributed by atoms with Crippen molar-refractivity contribution in [1.82, 2.24) is 15.0 Å². The van der Waals surface area contributed by atoms with E-state index in [1.54, 1.807) is 18.2 Å². The zero-order chi connectivity index (χ0) is 15.2. The molecule has 0 radical (unpaired) electrons. The van der Waals surface area contributed by atoms with E-state index in [1.165, 1.54) is 7.11 Å². The first kappa shape index (κ1) is 15.0. The molecule has 0 saturated heterocycles. The number of methoxy groups -OCH3 is 1. The van der Waals surface area contributed by atoms with Gasteiger partial charge in [-0.1, -0.05) is 15.9 Å². The number of nitrogens with one attached hydrogen (secondary N) is 2. The summed E-state index contributed by atoms with van der Waals surface area (Å²) >= 11 is 3.37. The van der Waals surface area contributed by atoms with Crippen LogP contribution in [0.5, 0.6) is 6.01 Å². The Labute approximate surface area is 130 Å². The van der Waals surface area contributed by atoms with Gasteiger partial charge >= 0.3 is 6.01 Å². The third-order valence-corrected chi connectivity index (χ3v) is 2.97. The molecule has 21 heavy (non-hydrogen) atoms. The number of rotatable bonds is 5. The average molecular weight is 349 g/mol. The van der Waals surface area contributed by atoms with Crippen LogP contribution in [0.4, 0.5) is 17.6 Å². The summed E-state index contributed by atoms with van der Waals surface area (Å²) in [6, 6.07) is 7.58. The molecule has 2 N–H and O–H groups in total. The molecule has 108 valence electrons. The Hall–Kier alpha value is -2.40. The van der Waals surface area contributed by atoms with Crippen molar-refractivity contribution >= 4 is 33.5 Å². The maximum absolute atomic E-state index is 9.13. The van der Waals surface area contributed by atoms with Gasteiger partial charge in [-0.25, -0.2) is 0 Å². The molecule has 1 aromatic carbocycles. The van der Waals surface area contributed by atoms with Gasteiger partial charge in [0, 0.05) is 11.0 Å². The number of aromatic nitrogens is 3. The summed E-state index contributed by atoms with van der Waals surface area (Å²) in [5.74, 6) is 0.702. The van der Waals surface area contributed by atoms with Gasteiger partial charge in [0.05, 0.1) is 18.4 Å². The van der Waals surface area contributed by atoms with Gasteiger partial charge in [0.1, 0.15) is 6.07 Å². The lowest BCUT2D eigenvalue weighted by Crippen LogP contribution is -2.08. The van der Waals surface area contributed by atoms with Crippen LogP contribution >= 0.6 is 15.9 Å². The summed E-state index contributed by atoms with van der Waals surface area (Å²) in [6.07, 6.45) is 0. The van der Waals surface area contributed by atoms with Crippen LogP contribution in [-0.2, 0) is 0 Å². The average Bonchev–Trinajstić information content (AvgIpc) is 2.47. The van der Waals surface area contributed by atoms with Crippen molar-refractivity contribution in [2.75, 3.05) is 24.3 Å². The highest BCUT2D eigenvalue weighted by Crippen LogP contribution is 2.24. The highest BCUT2D eigenvalue weighted by Gasteiger charge is 2.09. The van der Waals surface area contributed by atoms with Gasteiger partial charge in [0.25, 0.3) is 0 Å². The van der Waals surface area contributed by atoms with E-state index in [0.717, 1.165) is 4.47 Å². The summed E-state index contributed by atoms with van der Waals surface area (Å²) in [4.78, 5) is 12.4. The van der Waals surface area contributed by atoms with Gasteiger partial charge in [0.15, 0.2) is 0 Å². The van der Waals surface area contributed by atoms with Crippen LogP contribution in [0.25, 0.3) is 0 Å². The second-order valence-corrected chi connectivity index (χ2v) is 4.84. The summed E-state index contributed by atoms with van der Waals surface area (Å²) in [6.45, 7) is 2.61. The van der Waals surface area contributed by atoms with Crippen molar-refractivity contribution in [3.05, 3.63) is 28.2 Å². The van der Waals surface area contributed by atoms with Crippen molar-refractivity contribution in [3.8, 4) is 12.1 Å². The summed E-state index contributed by atoms with van der Waals surface area (Å²) in [5.41, 5.74) is 1.09. The molecule has 0 amide bonds. The normalized spacial score (nSPS) is 9.81. The fraction of sp³-hybridized carbons (Fsp3) is 0.231. The van der Waals surface area contributed by atoms with Crippen molar-refractivity contribution < 1.29 is 4.74 Å². The fourth-order valence-electron chi connectivity index (χ4n) is 1.58. The van der Waals surface area contributed by atoms with E-state index in [0.29, 0.717) is 29.7 Å². The molecular formula is C13H13BrN6O. The Morgan fingerprint density at radius 1 is 1.29 bits per heavy atom.